The molecule has 0 spiro atoms. The van der Waals surface area contributed by atoms with Gasteiger partial charge in [-0.2, -0.15) is 0 Å². The van der Waals surface area contributed by atoms with Crippen LogP contribution in [-0.2, 0) is 0 Å². The van der Waals surface area contributed by atoms with E-state index in [2.05, 4.69) is 0 Å². The molecule has 3 nitrogen and oxygen atoms in total. The Kier molecular flexibility index (Phi) is 3.60. The fraction of sp³-hybridized carbons (Fsp3) is 0.400. The van der Waals surface area contributed by atoms with E-state index in [9.17, 15) is 4.39 Å². The third kappa shape index (κ3) is 2.48. The highest BCUT2D eigenvalue weighted by molar-refractivity contribution is 6.01. The van der Waals surface area contributed by atoms with Crippen LogP contribution in [0.4, 0.5) is 10.1 Å². The molecule has 5 N–H and O–H groups in total. The van der Waals surface area contributed by atoms with E-state index in [-0.39, 0.29) is 23.5 Å². The van der Waals surface area contributed by atoms with Gasteiger partial charge in [0.2, 0.25) is 0 Å². The number of allylic oxidation sites excluding steroid dienone is 2. The molecule has 0 fully saturated rings. The van der Waals surface area contributed by atoms with Crippen molar-refractivity contribution in [1.82, 2.24) is 0 Å². The third-order valence-corrected chi connectivity index (χ3v) is 3.95. The second-order valence-electron chi connectivity index (χ2n) is 5.29. The van der Waals surface area contributed by atoms with Crippen molar-refractivity contribution >= 4 is 11.5 Å². The average molecular weight is 261 g/mol. The highest BCUT2D eigenvalue weighted by Crippen LogP contribution is 2.37. The molecule has 2 rings (SSSR count). The van der Waals surface area contributed by atoms with E-state index in [1.807, 2.05) is 19.9 Å². The second kappa shape index (κ2) is 5.03. The van der Waals surface area contributed by atoms with Crippen molar-refractivity contribution in [2.45, 2.75) is 32.6 Å². The molecular formula is C15H20FN3. The van der Waals surface area contributed by atoms with E-state index < -0.39 is 0 Å². The molecule has 1 aliphatic rings. The van der Waals surface area contributed by atoms with Gasteiger partial charge in [-0.1, -0.05) is 13.0 Å². The van der Waals surface area contributed by atoms with Crippen LogP contribution in [0.15, 0.2) is 24.0 Å². The molecule has 0 aromatic heterocycles. The maximum Gasteiger partial charge on any atom is 0.125 e. The summed E-state index contributed by atoms with van der Waals surface area (Å²) < 4.78 is 13.8. The van der Waals surface area contributed by atoms with Gasteiger partial charge < -0.3 is 11.5 Å². The Bertz CT molecular complexity index is 549. The summed E-state index contributed by atoms with van der Waals surface area (Å²) in [6.07, 6.45) is 3.44. The van der Waals surface area contributed by atoms with E-state index in [1.165, 1.54) is 0 Å². The van der Waals surface area contributed by atoms with Gasteiger partial charge in [-0.25, -0.2) is 4.39 Å². The van der Waals surface area contributed by atoms with Gasteiger partial charge in [-0.05, 0) is 43.0 Å². The molecule has 102 valence electrons. The molecule has 0 amide bonds. The lowest BCUT2D eigenvalue weighted by Crippen LogP contribution is -2.18. The molecule has 19 heavy (non-hydrogen) atoms. The zero-order valence-electron chi connectivity index (χ0n) is 11.3. The van der Waals surface area contributed by atoms with E-state index in [4.69, 9.17) is 16.9 Å². The van der Waals surface area contributed by atoms with Gasteiger partial charge in [0.05, 0.1) is 5.83 Å². The van der Waals surface area contributed by atoms with Gasteiger partial charge in [-0.3, -0.25) is 5.41 Å². The Morgan fingerprint density at radius 2 is 2.05 bits per heavy atom. The molecule has 0 saturated carbocycles. The first kappa shape index (κ1) is 13.6. The molecule has 0 heterocycles. The Morgan fingerprint density at radius 1 is 1.37 bits per heavy atom. The predicted molar refractivity (Wildman–Crippen MR) is 76.9 cm³/mol. The standard InChI is InChI=1S/C15H20FN3/c1-8-3-4-10(7-12(8)16)11-5-6-13(17)14(9(11)2)15(18)19/h5-8,10H,3-4,17H2,1-2H3,(H3,18,19). The van der Waals surface area contributed by atoms with Gasteiger partial charge in [0.25, 0.3) is 0 Å². The number of hydrogen-bond acceptors (Lipinski definition) is 2. The number of nitrogens with one attached hydrogen (secondary N) is 1. The van der Waals surface area contributed by atoms with E-state index in [0.717, 1.165) is 24.0 Å². The first-order chi connectivity index (χ1) is 8.91. The Labute approximate surface area is 113 Å². The largest absolute Gasteiger partial charge is 0.398 e. The first-order valence-electron chi connectivity index (χ1n) is 6.52. The lowest BCUT2D eigenvalue weighted by molar-refractivity contribution is 0.415. The Balaban J connectivity index is 2.47. The van der Waals surface area contributed by atoms with Gasteiger partial charge in [0.15, 0.2) is 0 Å². The minimum Gasteiger partial charge on any atom is -0.398 e. The SMILES string of the molecule is Cc1c(C2C=C(F)C(C)CC2)ccc(N)c1C(=N)N. The van der Waals surface area contributed by atoms with Crippen molar-refractivity contribution < 1.29 is 4.39 Å². The Morgan fingerprint density at radius 3 is 2.63 bits per heavy atom. The Hall–Kier alpha value is -1.84. The third-order valence-electron chi connectivity index (χ3n) is 3.95. The summed E-state index contributed by atoms with van der Waals surface area (Å²) in [5.74, 6) is -0.0187. The normalized spacial score (nSPS) is 23.0. The van der Waals surface area contributed by atoms with Crippen LogP contribution in [-0.4, -0.2) is 5.84 Å². The van der Waals surface area contributed by atoms with Gasteiger partial charge >= 0.3 is 0 Å². The summed E-state index contributed by atoms with van der Waals surface area (Å²) in [5, 5.41) is 7.61. The van der Waals surface area contributed by atoms with Crippen LogP contribution in [0.5, 0.6) is 0 Å². The van der Waals surface area contributed by atoms with Crippen LogP contribution >= 0.6 is 0 Å². The lowest BCUT2D eigenvalue weighted by atomic mass is 9.81. The highest BCUT2D eigenvalue weighted by atomic mass is 19.1. The number of benzene rings is 1. The summed E-state index contributed by atoms with van der Waals surface area (Å²) in [5.41, 5.74) is 14.4. The van der Waals surface area contributed by atoms with Crippen LogP contribution in [0.25, 0.3) is 0 Å². The van der Waals surface area contributed by atoms with Crippen molar-refractivity contribution in [3.05, 3.63) is 40.7 Å². The summed E-state index contributed by atoms with van der Waals surface area (Å²) in [6, 6.07) is 3.67. The van der Waals surface area contributed by atoms with Crippen LogP contribution in [0, 0.1) is 18.3 Å². The average Bonchev–Trinajstić information content (AvgIpc) is 2.33. The number of nitrogen functional groups attached to an aromatic ring is 2. The molecule has 0 aliphatic heterocycles. The summed E-state index contributed by atoms with van der Waals surface area (Å²) >= 11 is 0. The quantitative estimate of drug-likeness (QED) is 0.434. The maximum absolute atomic E-state index is 13.8. The number of anilines is 1. The van der Waals surface area contributed by atoms with Gasteiger partial charge in [-0.15, -0.1) is 0 Å². The number of hydrogen-bond donors (Lipinski definition) is 3. The van der Waals surface area contributed by atoms with Gasteiger partial charge in [0.1, 0.15) is 5.84 Å². The van der Waals surface area contributed by atoms with Crippen molar-refractivity contribution in [2.75, 3.05) is 5.73 Å². The van der Waals surface area contributed by atoms with Crippen LogP contribution in [0.2, 0.25) is 0 Å². The minimum atomic E-state index is -0.0446. The first-order valence-corrected chi connectivity index (χ1v) is 6.52. The van der Waals surface area contributed by atoms with Crippen molar-refractivity contribution in [3.63, 3.8) is 0 Å². The molecule has 2 atom stereocenters. The number of amidine groups is 1. The molecule has 2 unspecified atom stereocenters. The fourth-order valence-electron chi connectivity index (χ4n) is 2.76. The highest BCUT2D eigenvalue weighted by Gasteiger charge is 2.23. The molecule has 4 heteroatoms. The van der Waals surface area contributed by atoms with Crippen LogP contribution < -0.4 is 11.5 Å². The molecule has 0 radical (unpaired) electrons. The number of rotatable bonds is 2. The molecule has 0 saturated heterocycles. The van der Waals surface area contributed by atoms with E-state index in [1.54, 1.807) is 12.1 Å². The molecule has 1 aromatic carbocycles. The van der Waals surface area contributed by atoms with E-state index in [0.29, 0.717) is 11.3 Å². The van der Waals surface area contributed by atoms with Crippen LogP contribution in [0.3, 0.4) is 0 Å². The monoisotopic (exact) mass is 261 g/mol. The molecule has 1 aromatic rings. The smallest absolute Gasteiger partial charge is 0.125 e. The summed E-state index contributed by atoms with van der Waals surface area (Å²) in [7, 11) is 0. The second-order valence-corrected chi connectivity index (χ2v) is 5.29. The van der Waals surface area contributed by atoms with Crippen molar-refractivity contribution in [2.24, 2.45) is 11.7 Å². The van der Waals surface area contributed by atoms with Crippen LogP contribution in [0.1, 0.15) is 42.4 Å². The molecule has 1 aliphatic carbocycles. The number of halogens is 1. The molecular weight excluding hydrogens is 241 g/mol. The summed E-state index contributed by atoms with van der Waals surface area (Å²) in [6.45, 7) is 3.80. The summed E-state index contributed by atoms with van der Waals surface area (Å²) in [4.78, 5) is 0. The predicted octanol–water partition coefficient (Wildman–Crippen LogP) is 3.23. The zero-order valence-corrected chi connectivity index (χ0v) is 11.3. The van der Waals surface area contributed by atoms with Crippen molar-refractivity contribution in [3.8, 4) is 0 Å². The topological polar surface area (TPSA) is 75.9 Å². The fourth-order valence-corrected chi connectivity index (χ4v) is 2.76. The lowest BCUT2D eigenvalue weighted by Gasteiger charge is -2.25. The number of nitrogens with two attached hydrogens (primary N) is 2. The van der Waals surface area contributed by atoms with Gasteiger partial charge in [0, 0.05) is 23.1 Å². The maximum atomic E-state index is 13.8. The minimum absolute atomic E-state index is 0.0117. The van der Waals surface area contributed by atoms with E-state index >= 15 is 0 Å². The van der Waals surface area contributed by atoms with Crippen molar-refractivity contribution in [1.29, 1.82) is 5.41 Å². The molecule has 0 bridgehead atoms. The zero-order chi connectivity index (χ0) is 14.2.